The number of ether oxygens (including phenoxy) is 1. The van der Waals surface area contributed by atoms with E-state index in [9.17, 15) is 41.7 Å². The number of halogens is 3. The smallest absolute Gasteiger partial charge is 0.544 e. The molecule has 0 saturated carbocycles. The van der Waals surface area contributed by atoms with Crippen molar-refractivity contribution in [2.24, 2.45) is 17.0 Å². The van der Waals surface area contributed by atoms with Crippen molar-refractivity contribution in [3.8, 4) is 0 Å². The predicted molar refractivity (Wildman–Crippen MR) is 104 cm³/mol. The van der Waals surface area contributed by atoms with Crippen LogP contribution in [0.5, 0.6) is 0 Å². The summed E-state index contributed by atoms with van der Waals surface area (Å²) in [5.41, 5.74) is 2.23. The number of oxime groups is 1. The number of amides is 1. The molecule has 3 fully saturated rings. The van der Waals surface area contributed by atoms with Crippen molar-refractivity contribution in [2.45, 2.75) is 30.1 Å². The van der Waals surface area contributed by atoms with E-state index in [1.54, 1.807) is 0 Å². The Labute approximate surface area is 222 Å². The van der Waals surface area contributed by atoms with E-state index >= 15 is 0 Å². The number of anilines is 1. The monoisotopic (exact) mass is 546 g/mol. The molecule has 3 aliphatic rings. The molecule has 184 valence electrons. The van der Waals surface area contributed by atoms with Gasteiger partial charge in [0.1, 0.15) is 17.0 Å². The summed E-state index contributed by atoms with van der Waals surface area (Å²) in [5.74, 6) is -7.38. The quantitative estimate of drug-likeness (QED) is 0.115. The maximum atomic E-state index is 12.9. The van der Waals surface area contributed by atoms with Crippen LogP contribution in [-0.2, 0) is 39.6 Å². The third kappa shape index (κ3) is 4.83. The van der Waals surface area contributed by atoms with Gasteiger partial charge in [-0.3, -0.25) is 23.5 Å². The number of nitrogens with two attached hydrogens (primary N) is 1. The fourth-order valence-electron chi connectivity index (χ4n) is 4.13. The van der Waals surface area contributed by atoms with Gasteiger partial charge in [0, 0.05) is 34.3 Å². The maximum absolute atomic E-state index is 12.9. The molecule has 4 rings (SSSR count). The van der Waals surface area contributed by atoms with Gasteiger partial charge in [-0.05, 0) is 0 Å². The Morgan fingerprint density at radius 2 is 2.11 bits per heavy atom. The third-order valence-corrected chi connectivity index (χ3v) is 7.98. The minimum atomic E-state index is -4.74. The van der Waals surface area contributed by atoms with E-state index in [1.165, 1.54) is 5.38 Å². The first-order chi connectivity index (χ1) is 15.8. The standard InChI is InChI=1S/C17H15F3N4O8S2.Na/c18-16(19,20)5-31-23-11(8-3-33-15(21)22-8)9(25)2-7-12(27)24-13(7)34(30)4-6-1-10(26)32-17(6,24)14(28)29;/h3,6-7,13H,1-2,4-5H2,(H2,21,22)(H,28,29);/q;+1/p-1/b23-11-;/t6-,7+,13+,17+,34-;/m0./s1. The number of β-lactam (4-membered cyclic amide) rings is 1. The number of hydrogen-bond donors (Lipinski definition) is 1. The van der Waals surface area contributed by atoms with E-state index < -0.39 is 82.3 Å². The summed E-state index contributed by atoms with van der Waals surface area (Å²) in [4.78, 5) is 58.0. The van der Waals surface area contributed by atoms with Crippen molar-refractivity contribution >= 4 is 56.6 Å². The van der Waals surface area contributed by atoms with Gasteiger partial charge in [-0.1, -0.05) is 5.16 Å². The number of esters is 1. The largest absolute Gasteiger partial charge is 1.00 e. The topological polar surface area (TPSA) is 181 Å². The Morgan fingerprint density at radius 3 is 2.69 bits per heavy atom. The molecule has 1 aromatic rings. The van der Waals surface area contributed by atoms with Crippen LogP contribution in [0.4, 0.5) is 18.3 Å². The first-order valence-corrected chi connectivity index (χ1v) is 11.8. The summed E-state index contributed by atoms with van der Waals surface area (Å²) in [7, 11) is -1.86. The molecule has 35 heavy (non-hydrogen) atoms. The molecule has 5 atom stereocenters. The van der Waals surface area contributed by atoms with Gasteiger partial charge < -0.3 is 25.2 Å². The molecule has 1 amide bonds. The molecule has 0 unspecified atom stereocenters. The molecular weight excluding hydrogens is 532 g/mol. The van der Waals surface area contributed by atoms with Gasteiger partial charge in [-0.25, -0.2) is 4.98 Å². The molecule has 3 saturated heterocycles. The van der Waals surface area contributed by atoms with Crippen molar-refractivity contribution in [3.63, 3.8) is 0 Å². The second kappa shape index (κ2) is 9.76. The summed E-state index contributed by atoms with van der Waals surface area (Å²) in [6, 6.07) is 0. The van der Waals surface area contributed by atoms with Crippen molar-refractivity contribution < 1.29 is 80.8 Å². The van der Waals surface area contributed by atoms with Gasteiger partial charge in [-0.2, -0.15) is 13.2 Å². The molecular formula is C17H14F3N4NaO8S2. The Bertz CT molecular complexity index is 1140. The van der Waals surface area contributed by atoms with Crippen LogP contribution >= 0.6 is 11.3 Å². The number of aliphatic carboxylic acids is 1. The number of thiazole rings is 1. The van der Waals surface area contributed by atoms with Gasteiger partial charge in [0.15, 0.2) is 16.6 Å². The molecule has 3 aliphatic heterocycles. The fraction of sp³-hybridized carbons (Fsp3) is 0.529. The van der Waals surface area contributed by atoms with Crippen LogP contribution in [0.25, 0.3) is 0 Å². The number of carbonyl (C=O) groups excluding carboxylic acids is 4. The predicted octanol–water partition coefficient (Wildman–Crippen LogP) is -4.47. The zero-order valence-corrected chi connectivity index (χ0v) is 21.4. The number of rotatable bonds is 7. The van der Waals surface area contributed by atoms with E-state index in [0.717, 1.165) is 11.3 Å². The number of fused-ring (bicyclic) bond motifs is 3. The maximum Gasteiger partial charge on any atom is 1.00 e. The van der Waals surface area contributed by atoms with Crippen molar-refractivity contribution in [1.82, 2.24) is 9.88 Å². The minimum absolute atomic E-state index is 0. The molecule has 0 radical (unpaired) electrons. The average molecular weight is 546 g/mol. The molecule has 0 aliphatic carbocycles. The van der Waals surface area contributed by atoms with Crippen LogP contribution < -0.4 is 40.4 Å². The molecule has 1 aromatic heterocycles. The van der Waals surface area contributed by atoms with Gasteiger partial charge >= 0.3 is 41.7 Å². The number of carboxylic acid groups (broad SMARTS) is 1. The Hall–Kier alpha value is -2.08. The molecule has 4 heterocycles. The number of carbonyl (C=O) groups is 4. The van der Waals surface area contributed by atoms with Crippen LogP contribution in [0.3, 0.4) is 0 Å². The molecule has 18 heteroatoms. The Balaban J connectivity index is 0.00000342. The number of alkyl halides is 3. The van der Waals surface area contributed by atoms with Gasteiger partial charge in [0.2, 0.25) is 18.2 Å². The number of nitrogen functional groups attached to an aromatic ring is 1. The molecule has 2 N–H and O–H groups in total. The van der Waals surface area contributed by atoms with Crippen LogP contribution in [0.15, 0.2) is 10.5 Å². The number of nitrogens with zero attached hydrogens (tertiary/aromatic N) is 3. The third-order valence-electron chi connectivity index (χ3n) is 5.49. The van der Waals surface area contributed by atoms with Crippen molar-refractivity contribution in [2.75, 3.05) is 18.1 Å². The van der Waals surface area contributed by atoms with Crippen LogP contribution in [0, 0.1) is 11.8 Å². The van der Waals surface area contributed by atoms with Crippen LogP contribution in [0.1, 0.15) is 18.5 Å². The fourth-order valence-corrected chi connectivity index (χ4v) is 6.69. The summed E-state index contributed by atoms with van der Waals surface area (Å²) >= 11 is 0.872. The average Bonchev–Trinajstić information content (AvgIpc) is 3.29. The number of aromatic nitrogens is 1. The normalized spacial score (nSPS) is 29.9. The van der Waals surface area contributed by atoms with Crippen LogP contribution in [-0.4, -0.2) is 73.1 Å². The van der Waals surface area contributed by atoms with E-state index in [-0.39, 0.29) is 52.6 Å². The van der Waals surface area contributed by atoms with E-state index in [0.29, 0.717) is 4.90 Å². The number of Topliss-reactive ketones (excluding diaryl/α,β-unsaturated/α-hetero) is 1. The summed E-state index contributed by atoms with van der Waals surface area (Å²) in [5, 5.41) is 15.0. The second-order valence-corrected chi connectivity index (χ2v) is 10.1. The van der Waals surface area contributed by atoms with E-state index in [2.05, 4.69) is 15.0 Å². The number of hydrogen-bond acceptors (Lipinski definition) is 12. The number of carboxylic acids is 1. The first kappa shape index (κ1) is 27.5. The summed E-state index contributed by atoms with van der Waals surface area (Å²) in [6.45, 7) is -1.80. The molecule has 0 spiro atoms. The van der Waals surface area contributed by atoms with Crippen LogP contribution in [0.2, 0.25) is 0 Å². The molecule has 0 bridgehead atoms. The van der Waals surface area contributed by atoms with Gasteiger partial charge in [0.05, 0.1) is 12.3 Å². The van der Waals surface area contributed by atoms with Gasteiger partial charge in [-0.15, -0.1) is 11.3 Å². The summed E-state index contributed by atoms with van der Waals surface area (Å²) < 4.78 is 54.9. The van der Waals surface area contributed by atoms with Crippen molar-refractivity contribution in [1.29, 1.82) is 0 Å². The Kier molecular flexibility index (Phi) is 7.67. The molecule has 0 aromatic carbocycles. The van der Waals surface area contributed by atoms with Crippen molar-refractivity contribution in [3.05, 3.63) is 11.1 Å². The van der Waals surface area contributed by atoms with Gasteiger partial charge in [0.25, 0.3) is 0 Å². The molecule has 12 nitrogen and oxygen atoms in total. The Morgan fingerprint density at radius 1 is 1.43 bits per heavy atom. The zero-order chi connectivity index (χ0) is 25.0. The van der Waals surface area contributed by atoms with E-state index in [4.69, 9.17) is 10.5 Å². The first-order valence-electron chi connectivity index (χ1n) is 9.50. The SMILES string of the molecule is Nc1nc(/C(=N/OCC(F)(F)F)C(=O)C[C@@H]2C(=O)N3[C@@H]2[S@@](=O)C[C@@H]2CC(=O)O[C@@]23C(=O)[O-])cs1.[Na+]. The zero-order valence-electron chi connectivity index (χ0n) is 17.8. The minimum Gasteiger partial charge on any atom is -0.544 e. The second-order valence-electron chi connectivity index (χ2n) is 7.64. The number of ketones is 1. The van der Waals surface area contributed by atoms with E-state index in [1.807, 2.05) is 0 Å². The summed E-state index contributed by atoms with van der Waals surface area (Å²) in [6.07, 6.45) is -5.81.